The van der Waals surface area contributed by atoms with E-state index in [1.807, 2.05) is 17.0 Å². The van der Waals surface area contributed by atoms with Gasteiger partial charge in [-0.2, -0.15) is 0 Å². The maximum Gasteiger partial charge on any atom is 0.246 e. The fourth-order valence-corrected chi connectivity index (χ4v) is 4.03. The van der Waals surface area contributed by atoms with Crippen LogP contribution in [-0.2, 0) is 11.3 Å². The van der Waals surface area contributed by atoms with Crippen LogP contribution < -0.4 is 4.74 Å². The molecule has 1 aromatic carbocycles. The van der Waals surface area contributed by atoms with E-state index in [1.165, 1.54) is 5.56 Å². The first kappa shape index (κ1) is 22.1. The lowest BCUT2D eigenvalue weighted by Gasteiger charge is -2.35. The summed E-state index contributed by atoms with van der Waals surface area (Å²) < 4.78 is 5.49. The van der Waals surface area contributed by atoms with Crippen LogP contribution in [0.2, 0.25) is 0 Å². The monoisotopic (exact) mass is 410 g/mol. The van der Waals surface area contributed by atoms with E-state index in [9.17, 15) is 4.79 Å². The van der Waals surface area contributed by atoms with Crippen LogP contribution in [0.4, 0.5) is 0 Å². The second-order valence-electron chi connectivity index (χ2n) is 8.51. The number of carbonyl (C=O) groups excluding carboxylic acids is 1. The largest absolute Gasteiger partial charge is 0.496 e. The van der Waals surface area contributed by atoms with Crippen LogP contribution in [0.5, 0.6) is 5.75 Å². The standard InChI is InChI=1S/C24H34N4O2/c1-19(2)15-28(24(29)9-8-22-14-25-18-26-22)16-20-10-12-27(13-11-20)17-21-6-4-5-7-23(21)30-3/h4-9,14,18-20H,10-13,15-17H2,1-3H3,(H,25,26)/b9-8+. The molecular weight excluding hydrogens is 376 g/mol. The van der Waals surface area contributed by atoms with Crippen LogP contribution in [0.3, 0.4) is 0 Å². The Bertz CT molecular complexity index is 808. The van der Waals surface area contributed by atoms with Crippen molar-refractivity contribution >= 4 is 12.0 Å². The molecule has 2 heterocycles. The Morgan fingerprint density at radius 1 is 1.33 bits per heavy atom. The number of likely N-dealkylation sites (tertiary alicyclic amines) is 1. The van der Waals surface area contributed by atoms with Gasteiger partial charge in [-0.25, -0.2) is 4.98 Å². The highest BCUT2D eigenvalue weighted by molar-refractivity contribution is 5.91. The molecule has 1 aromatic heterocycles. The second-order valence-corrected chi connectivity index (χ2v) is 8.51. The predicted octanol–water partition coefficient (Wildman–Crippen LogP) is 3.83. The third kappa shape index (κ3) is 6.46. The minimum Gasteiger partial charge on any atom is -0.496 e. The van der Waals surface area contributed by atoms with Crippen LogP contribution in [0.25, 0.3) is 6.08 Å². The molecule has 0 bridgehead atoms. The number of benzene rings is 1. The zero-order chi connectivity index (χ0) is 21.3. The van der Waals surface area contributed by atoms with Crippen molar-refractivity contribution in [2.45, 2.75) is 33.2 Å². The number of aromatic amines is 1. The molecular formula is C24H34N4O2. The van der Waals surface area contributed by atoms with E-state index in [0.29, 0.717) is 11.8 Å². The van der Waals surface area contributed by atoms with E-state index < -0.39 is 0 Å². The summed E-state index contributed by atoms with van der Waals surface area (Å²) in [6.45, 7) is 8.95. The molecule has 1 fully saturated rings. The van der Waals surface area contributed by atoms with Gasteiger partial charge < -0.3 is 14.6 Å². The molecule has 0 saturated carbocycles. The van der Waals surface area contributed by atoms with E-state index in [0.717, 1.165) is 57.0 Å². The van der Waals surface area contributed by atoms with E-state index in [2.05, 4.69) is 40.8 Å². The zero-order valence-electron chi connectivity index (χ0n) is 18.4. The Kier molecular flexibility index (Phi) is 8.08. The Morgan fingerprint density at radius 3 is 2.77 bits per heavy atom. The number of H-pyrrole nitrogens is 1. The fourth-order valence-electron chi connectivity index (χ4n) is 4.03. The average molecular weight is 411 g/mol. The van der Waals surface area contributed by atoms with Crippen molar-refractivity contribution in [3.05, 3.63) is 54.1 Å². The summed E-state index contributed by atoms with van der Waals surface area (Å²) in [5.74, 6) is 2.02. The number of carbonyl (C=O) groups is 1. The number of nitrogens with one attached hydrogen (secondary N) is 1. The number of hydrogen-bond donors (Lipinski definition) is 1. The molecule has 0 unspecified atom stereocenters. The molecule has 30 heavy (non-hydrogen) atoms. The van der Waals surface area contributed by atoms with Gasteiger partial charge in [0.05, 0.1) is 25.3 Å². The van der Waals surface area contributed by atoms with Crippen LogP contribution in [0, 0.1) is 11.8 Å². The van der Waals surface area contributed by atoms with Gasteiger partial charge in [-0.1, -0.05) is 32.0 Å². The summed E-state index contributed by atoms with van der Waals surface area (Å²) in [6.07, 6.45) is 9.02. The van der Waals surface area contributed by atoms with Crippen LogP contribution in [-0.4, -0.2) is 59.0 Å². The highest BCUT2D eigenvalue weighted by atomic mass is 16.5. The lowest BCUT2D eigenvalue weighted by molar-refractivity contribution is -0.127. The van der Waals surface area contributed by atoms with Gasteiger partial charge in [0, 0.05) is 31.3 Å². The van der Waals surface area contributed by atoms with Crippen molar-refractivity contribution in [1.29, 1.82) is 0 Å². The quantitative estimate of drug-likeness (QED) is 0.638. The highest BCUT2D eigenvalue weighted by Crippen LogP contribution is 2.24. The number of ether oxygens (including phenoxy) is 1. The first-order valence-corrected chi connectivity index (χ1v) is 10.8. The van der Waals surface area contributed by atoms with Crippen molar-refractivity contribution < 1.29 is 9.53 Å². The molecule has 1 aliphatic rings. The topological polar surface area (TPSA) is 61.5 Å². The Balaban J connectivity index is 1.53. The lowest BCUT2D eigenvalue weighted by Crippen LogP contribution is -2.41. The fraction of sp³-hybridized carbons (Fsp3) is 0.500. The molecule has 1 aliphatic heterocycles. The zero-order valence-corrected chi connectivity index (χ0v) is 18.4. The lowest BCUT2D eigenvalue weighted by atomic mass is 9.95. The first-order valence-electron chi connectivity index (χ1n) is 10.8. The van der Waals surface area contributed by atoms with Crippen molar-refractivity contribution in [1.82, 2.24) is 19.8 Å². The van der Waals surface area contributed by atoms with Crippen LogP contribution in [0.1, 0.15) is 37.9 Å². The van der Waals surface area contributed by atoms with Gasteiger partial charge in [0.15, 0.2) is 0 Å². The van der Waals surface area contributed by atoms with Crippen molar-refractivity contribution in [2.75, 3.05) is 33.3 Å². The molecule has 1 N–H and O–H groups in total. The van der Waals surface area contributed by atoms with E-state index in [4.69, 9.17) is 4.74 Å². The summed E-state index contributed by atoms with van der Waals surface area (Å²) in [7, 11) is 1.73. The molecule has 0 spiro atoms. The predicted molar refractivity (Wildman–Crippen MR) is 120 cm³/mol. The molecule has 6 heteroatoms. The molecule has 1 saturated heterocycles. The molecule has 2 aromatic rings. The minimum atomic E-state index is 0.0785. The average Bonchev–Trinajstić information content (AvgIpc) is 3.26. The molecule has 0 radical (unpaired) electrons. The summed E-state index contributed by atoms with van der Waals surface area (Å²) in [5.41, 5.74) is 2.08. The minimum absolute atomic E-state index is 0.0785. The first-order chi connectivity index (χ1) is 14.5. The third-order valence-electron chi connectivity index (χ3n) is 5.59. The highest BCUT2D eigenvalue weighted by Gasteiger charge is 2.24. The number of methoxy groups -OCH3 is 1. The number of nitrogens with zero attached hydrogens (tertiary/aromatic N) is 3. The van der Waals surface area contributed by atoms with Crippen LogP contribution in [0.15, 0.2) is 42.9 Å². The summed E-state index contributed by atoms with van der Waals surface area (Å²) in [4.78, 5) is 24.3. The van der Waals surface area contributed by atoms with Crippen molar-refractivity contribution in [3.63, 3.8) is 0 Å². The van der Waals surface area contributed by atoms with Gasteiger partial charge in [-0.3, -0.25) is 9.69 Å². The molecule has 0 aliphatic carbocycles. The summed E-state index contributed by atoms with van der Waals surface area (Å²) in [6, 6.07) is 8.24. The number of imidazole rings is 1. The third-order valence-corrected chi connectivity index (χ3v) is 5.59. The van der Waals surface area contributed by atoms with Crippen molar-refractivity contribution in [3.8, 4) is 5.75 Å². The molecule has 3 rings (SSSR count). The van der Waals surface area contributed by atoms with Gasteiger partial charge in [0.25, 0.3) is 0 Å². The number of rotatable bonds is 9. The van der Waals surface area contributed by atoms with Gasteiger partial charge in [-0.15, -0.1) is 0 Å². The Hall–Kier alpha value is -2.60. The number of piperidine rings is 1. The van der Waals surface area contributed by atoms with E-state index in [-0.39, 0.29) is 5.91 Å². The van der Waals surface area contributed by atoms with Gasteiger partial charge in [0.1, 0.15) is 5.75 Å². The van der Waals surface area contributed by atoms with Crippen LogP contribution >= 0.6 is 0 Å². The number of aromatic nitrogens is 2. The van der Waals surface area contributed by atoms with Gasteiger partial charge in [0.2, 0.25) is 5.91 Å². The molecule has 0 atom stereocenters. The molecule has 162 valence electrons. The summed E-state index contributed by atoms with van der Waals surface area (Å²) >= 11 is 0. The molecule has 1 amide bonds. The number of hydrogen-bond acceptors (Lipinski definition) is 4. The SMILES string of the molecule is COc1ccccc1CN1CCC(CN(CC(C)C)C(=O)/C=C/c2cnc[nH]2)CC1. The van der Waals surface area contributed by atoms with Gasteiger partial charge >= 0.3 is 0 Å². The Morgan fingerprint density at radius 2 is 2.10 bits per heavy atom. The van der Waals surface area contributed by atoms with Crippen molar-refractivity contribution in [2.24, 2.45) is 11.8 Å². The molecule has 6 nitrogen and oxygen atoms in total. The maximum absolute atomic E-state index is 12.8. The smallest absolute Gasteiger partial charge is 0.246 e. The number of para-hydroxylation sites is 1. The van der Waals surface area contributed by atoms with Gasteiger partial charge in [-0.05, 0) is 49.9 Å². The maximum atomic E-state index is 12.8. The number of amides is 1. The summed E-state index contributed by atoms with van der Waals surface area (Å²) in [5, 5.41) is 0. The second kappa shape index (κ2) is 11.0. The normalized spacial score (nSPS) is 15.7. The van der Waals surface area contributed by atoms with E-state index >= 15 is 0 Å². The Labute approximate surface area is 179 Å². The van der Waals surface area contributed by atoms with E-state index in [1.54, 1.807) is 31.8 Å².